The summed E-state index contributed by atoms with van der Waals surface area (Å²) in [6, 6.07) is 14.5. The number of hydrogen-bond acceptors (Lipinski definition) is 1. The number of fused-ring (bicyclic) bond motifs is 6. The second-order valence-corrected chi connectivity index (χ2v) is 23.5. The minimum Gasteiger partial charge on any atom is -0.308 e. The molecule has 538 valence electrons. The van der Waals surface area contributed by atoms with Crippen molar-refractivity contribution in [1.82, 2.24) is 9.13 Å². The first-order valence-corrected chi connectivity index (χ1v) is 29.0. The Morgan fingerprint density at radius 1 is 0.212 bits per heavy atom. The third kappa shape index (κ3) is 13.8. The fourth-order valence-corrected chi connectivity index (χ4v) is 12.2. The summed E-state index contributed by atoms with van der Waals surface area (Å²) in [5, 5.41) is 9.80. The largest absolute Gasteiger partial charge is 0.417 e. The van der Waals surface area contributed by atoms with E-state index < -0.39 is 234 Å². The molecule has 0 aliphatic heterocycles. The molecule has 0 saturated carbocycles. The van der Waals surface area contributed by atoms with Crippen LogP contribution >= 0.6 is 0 Å². The lowest BCUT2D eigenvalue weighted by Crippen LogP contribution is -2.12. The molecule has 2 aromatic heterocycles. The van der Waals surface area contributed by atoms with Gasteiger partial charge < -0.3 is 9.13 Å². The van der Waals surface area contributed by atoms with Gasteiger partial charge in [0.15, 0.2) is 0 Å². The summed E-state index contributed by atoms with van der Waals surface area (Å²) in [5.74, 6) is 0. The zero-order valence-electron chi connectivity index (χ0n) is 50.4. The molecule has 12 rings (SSSR count). The topological polar surface area (TPSA) is 33.6 Å². The number of benzene rings is 10. The number of halogens is 30. The first kappa shape index (κ1) is 73.0. The predicted molar refractivity (Wildman–Crippen MR) is 317 cm³/mol. The highest BCUT2D eigenvalue weighted by molar-refractivity contribution is 6.14. The number of nitrogens with zero attached hydrogens (tertiary/aromatic N) is 3. The highest BCUT2D eigenvalue weighted by Gasteiger charge is 2.44. The van der Waals surface area contributed by atoms with Gasteiger partial charge in [0, 0.05) is 21.5 Å². The Morgan fingerprint density at radius 2 is 0.442 bits per heavy atom. The van der Waals surface area contributed by atoms with E-state index in [1.54, 1.807) is 6.07 Å². The average Bonchev–Trinajstić information content (AvgIpc) is 1.58. The highest BCUT2D eigenvalue weighted by Crippen LogP contribution is 2.50. The number of nitriles is 1. The summed E-state index contributed by atoms with van der Waals surface area (Å²) >= 11 is 0. The van der Waals surface area contributed by atoms with E-state index in [0.29, 0.717) is 18.2 Å². The minimum absolute atomic E-state index is 0.154. The van der Waals surface area contributed by atoms with Crippen LogP contribution in [0.4, 0.5) is 132 Å². The van der Waals surface area contributed by atoms with Gasteiger partial charge in [0.05, 0.1) is 89.1 Å². The second-order valence-electron chi connectivity index (χ2n) is 23.5. The molecule has 33 heteroatoms. The maximum atomic E-state index is 15.5. The van der Waals surface area contributed by atoms with E-state index in [1.807, 2.05) is 0 Å². The minimum atomic E-state index is -5.81. The fraction of sp³-hybridized carbons (Fsp3) is 0.141. The Bertz CT molecular complexity index is 4840. The lowest BCUT2D eigenvalue weighted by Gasteiger charge is -2.21. The standard InChI is InChI=1S/C71H29F30N3/c72-62(73,74)40-5-6-49(55(29-40)71(99,100)101)39-23-60(103-56-7-1-31(35-11-41(63(75,76)77)25-42(12-35)64(78,79)80)19-50(56)51-20-32(2-8-57(51)103)36-13-43(65(81,82)83)26-44(14-36)66(84,85)86)54(30-102)61(24-39)104-58-9-3-33(37-15-45(67(87,88)89)27-46(16-37)68(90,91)92)21-52(58)53-22-34(4-10-59(53)104)38-17-47(69(93,94)95)28-48(18-38)70(96,97)98/h1-29H. The number of aromatic nitrogens is 2. The molecule has 3 nitrogen and oxygen atoms in total. The number of alkyl halides is 30. The average molecular weight is 1490 g/mol. The molecule has 0 fully saturated rings. The van der Waals surface area contributed by atoms with Crippen LogP contribution in [0.2, 0.25) is 0 Å². The van der Waals surface area contributed by atoms with Gasteiger partial charge >= 0.3 is 61.8 Å². The molecule has 0 radical (unpaired) electrons. The molecule has 2 heterocycles. The van der Waals surface area contributed by atoms with Gasteiger partial charge in [0.1, 0.15) is 11.6 Å². The van der Waals surface area contributed by atoms with E-state index in [-0.39, 0.29) is 84.9 Å². The van der Waals surface area contributed by atoms with Gasteiger partial charge in [0.2, 0.25) is 0 Å². The molecule has 10 aromatic carbocycles. The van der Waals surface area contributed by atoms with Crippen molar-refractivity contribution in [1.29, 1.82) is 5.26 Å². The summed E-state index contributed by atoms with van der Waals surface area (Å²) in [5.41, 5.74) is -31.3. The molecule has 0 N–H and O–H groups in total. The van der Waals surface area contributed by atoms with Crippen molar-refractivity contribution in [3.63, 3.8) is 0 Å². The summed E-state index contributed by atoms with van der Waals surface area (Å²) in [7, 11) is 0. The van der Waals surface area contributed by atoms with Crippen LogP contribution in [0.3, 0.4) is 0 Å². The SMILES string of the molecule is N#Cc1c(-n2c3ccc(-c4cc(C(F)(F)F)cc(C(F)(F)F)c4)cc3c3cc(-c4cc(C(F)(F)F)cc(C(F)(F)F)c4)ccc32)cc(-c2ccc(C(F)(F)F)cc2C(F)(F)F)cc1-n1c2ccc(-c3cc(C(F)(F)F)cc(C(F)(F)F)c3)cc2c2cc(-c3cc(C(F)(F)F)cc(C(F)(F)F)c3)ccc21. The molecule has 12 aromatic rings. The first-order valence-electron chi connectivity index (χ1n) is 29.0. The molecule has 0 aliphatic carbocycles. The maximum absolute atomic E-state index is 15.5. The lowest BCUT2D eigenvalue weighted by molar-refractivity contribution is -0.144. The number of rotatable bonds is 7. The van der Waals surface area contributed by atoms with Crippen molar-refractivity contribution in [3.8, 4) is 73.1 Å². The lowest BCUT2D eigenvalue weighted by atomic mass is 9.94. The fourth-order valence-electron chi connectivity index (χ4n) is 12.2. The van der Waals surface area contributed by atoms with Crippen molar-refractivity contribution >= 4 is 43.6 Å². The monoisotopic (exact) mass is 1490 g/mol. The van der Waals surface area contributed by atoms with Gasteiger partial charge in [-0.05, 0) is 201 Å². The molecule has 0 atom stereocenters. The molecule has 0 saturated heterocycles. The molecule has 0 unspecified atom stereocenters. The van der Waals surface area contributed by atoms with Crippen LogP contribution in [0, 0.1) is 11.3 Å². The van der Waals surface area contributed by atoms with E-state index in [0.717, 1.165) is 81.9 Å². The normalized spacial score (nSPS) is 13.5. The van der Waals surface area contributed by atoms with Crippen LogP contribution in [0.25, 0.3) is 111 Å². The van der Waals surface area contributed by atoms with Crippen LogP contribution in [0.5, 0.6) is 0 Å². The van der Waals surface area contributed by atoms with Crippen molar-refractivity contribution in [2.45, 2.75) is 61.8 Å². The van der Waals surface area contributed by atoms with Crippen molar-refractivity contribution in [2.24, 2.45) is 0 Å². The quantitative estimate of drug-likeness (QED) is 0.146. The van der Waals surface area contributed by atoms with Gasteiger partial charge in [-0.1, -0.05) is 30.3 Å². The van der Waals surface area contributed by atoms with Crippen LogP contribution in [-0.2, 0) is 61.8 Å². The van der Waals surface area contributed by atoms with Crippen LogP contribution in [0.15, 0.2) is 176 Å². The Labute approximate surface area is 560 Å². The Balaban J connectivity index is 1.24. The van der Waals surface area contributed by atoms with Gasteiger partial charge in [-0.25, -0.2) is 0 Å². The second kappa shape index (κ2) is 24.1. The van der Waals surface area contributed by atoms with Crippen molar-refractivity contribution < 1.29 is 132 Å². The molecule has 0 aliphatic rings. The van der Waals surface area contributed by atoms with Gasteiger partial charge in [0.25, 0.3) is 0 Å². The van der Waals surface area contributed by atoms with Gasteiger partial charge in [-0.2, -0.15) is 137 Å². The first-order chi connectivity index (χ1) is 47.8. The van der Waals surface area contributed by atoms with E-state index in [2.05, 4.69) is 0 Å². The van der Waals surface area contributed by atoms with Crippen LogP contribution in [0.1, 0.15) is 61.2 Å². The van der Waals surface area contributed by atoms with E-state index in [1.165, 1.54) is 0 Å². The zero-order chi connectivity index (χ0) is 76.3. The molecule has 0 spiro atoms. The molecule has 0 amide bonds. The molecule has 0 bridgehead atoms. The maximum Gasteiger partial charge on any atom is 0.417 e. The highest BCUT2D eigenvalue weighted by atomic mass is 19.4. The summed E-state index contributed by atoms with van der Waals surface area (Å²) in [4.78, 5) is 0. The van der Waals surface area contributed by atoms with Gasteiger partial charge in [-0.3, -0.25) is 0 Å². The Hall–Kier alpha value is -10.8. The van der Waals surface area contributed by atoms with E-state index in [9.17, 15) is 124 Å². The molecular weight excluding hydrogens is 1460 g/mol. The van der Waals surface area contributed by atoms with Crippen LogP contribution < -0.4 is 0 Å². The van der Waals surface area contributed by atoms with Crippen molar-refractivity contribution in [3.05, 3.63) is 237 Å². The van der Waals surface area contributed by atoms with E-state index >= 15 is 13.2 Å². The van der Waals surface area contributed by atoms with Crippen molar-refractivity contribution in [2.75, 3.05) is 0 Å². The Kier molecular flexibility index (Phi) is 16.9. The molecular formula is C71H29F30N3. The summed E-state index contributed by atoms with van der Waals surface area (Å²) in [6.07, 6.45) is -55.4. The zero-order valence-corrected chi connectivity index (χ0v) is 50.4. The summed E-state index contributed by atoms with van der Waals surface area (Å²) < 4.78 is 437. The summed E-state index contributed by atoms with van der Waals surface area (Å²) in [6.45, 7) is 0. The number of hydrogen-bond donors (Lipinski definition) is 0. The Morgan fingerprint density at radius 3 is 0.644 bits per heavy atom. The van der Waals surface area contributed by atoms with Crippen LogP contribution in [-0.4, -0.2) is 9.13 Å². The van der Waals surface area contributed by atoms with Gasteiger partial charge in [-0.15, -0.1) is 0 Å². The predicted octanol–water partition coefficient (Wildman–Crippen LogP) is 26.3. The smallest absolute Gasteiger partial charge is 0.308 e. The third-order valence-electron chi connectivity index (χ3n) is 16.9. The molecule has 104 heavy (non-hydrogen) atoms. The third-order valence-corrected chi connectivity index (χ3v) is 16.9. The van der Waals surface area contributed by atoms with E-state index in [4.69, 9.17) is 0 Å².